The minimum absolute atomic E-state index is 0.144. The van der Waals surface area contributed by atoms with E-state index in [-0.39, 0.29) is 11.8 Å². The van der Waals surface area contributed by atoms with Crippen LogP contribution in [0.2, 0.25) is 0 Å². The van der Waals surface area contributed by atoms with Crippen molar-refractivity contribution in [1.82, 2.24) is 14.5 Å². The summed E-state index contributed by atoms with van der Waals surface area (Å²) in [5.74, 6) is 1.37. The van der Waals surface area contributed by atoms with E-state index in [0.717, 1.165) is 36.4 Å². The predicted octanol–water partition coefficient (Wildman–Crippen LogP) is 3.78. The van der Waals surface area contributed by atoms with Gasteiger partial charge in [-0.3, -0.25) is 4.79 Å². The van der Waals surface area contributed by atoms with Crippen molar-refractivity contribution in [3.63, 3.8) is 0 Å². The van der Waals surface area contributed by atoms with E-state index in [2.05, 4.69) is 29.3 Å². The molecule has 0 bridgehead atoms. The molecule has 3 aromatic rings. The van der Waals surface area contributed by atoms with Gasteiger partial charge in [0.25, 0.3) is 0 Å². The fourth-order valence-corrected chi connectivity index (χ4v) is 3.80. The number of imidazole rings is 1. The molecule has 0 radical (unpaired) electrons. The van der Waals surface area contributed by atoms with Crippen LogP contribution in [0.5, 0.6) is 0 Å². The van der Waals surface area contributed by atoms with Crippen LogP contribution in [0.15, 0.2) is 67.3 Å². The lowest BCUT2D eigenvalue weighted by Crippen LogP contribution is -2.27. The minimum atomic E-state index is 0.144. The first kappa shape index (κ1) is 16.6. The largest absolute Gasteiger partial charge is 0.342 e. The molecule has 132 valence electrons. The number of fused-ring (bicyclic) bond motifs is 1. The van der Waals surface area contributed by atoms with Crippen molar-refractivity contribution in [2.75, 3.05) is 13.1 Å². The minimum Gasteiger partial charge on any atom is -0.342 e. The number of carbonyl (C=O) groups is 1. The lowest BCUT2D eigenvalue weighted by Gasteiger charge is -2.17. The second-order valence-corrected chi connectivity index (χ2v) is 6.83. The van der Waals surface area contributed by atoms with Gasteiger partial charge in [-0.15, -0.1) is 6.58 Å². The highest BCUT2D eigenvalue weighted by Crippen LogP contribution is 2.30. The van der Waals surface area contributed by atoms with Crippen molar-refractivity contribution in [1.29, 1.82) is 0 Å². The first-order chi connectivity index (χ1) is 12.8. The normalized spacial score (nSPS) is 17.2. The predicted molar refractivity (Wildman–Crippen MR) is 104 cm³/mol. The van der Waals surface area contributed by atoms with Crippen molar-refractivity contribution >= 4 is 16.9 Å². The van der Waals surface area contributed by atoms with Crippen molar-refractivity contribution in [2.24, 2.45) is 0 Å². The van der Waals surface area contributed by atoms with Crippen LogP contribution in [-0.4, -0.2) is 33.4 Å². The van der Waals surface area contributed by atoms with E-state index in [1.807, 2.05) is 47.4 Å². The number of benzene rings is 2. The number of para-hydroxylation sites is 2. The summed E-state index contributed by atoms with van der Waals surface area (Å²) >= 11 is 0. The zero-order valence-corrected chi connectivity index (χ0v) is 14.8. The summed E-state index contributed by atoms with van der Waals surface area (Å²) in [6, 6.07) is 18.5. The maximum absolute atomic E-state index is 12.5. The van der Waals surface area contributed by atoms with Crippen molar-refractivity contribution < 1.29 is 4.79 Å². The number of amides is 1. The molecule has 1 aromatic heterocycles. The van der Waals surface area contributed by atoms with E-state index in [9.17, 15) is 4.79 Å². The molecule has 1 fully saturated rings. The number of likely N-dealkylation sites (tertiary alicyclic amines) is 1. The fraction of sp³-hybridized carbons (Fsp3) is 0.273. The number of hydrogen-bond acceptors (Lipinski definition) is 2. The third kappa shape index (κ3) is 3.15. The van der Waals surface area contributed by atoms with E-state index >= 15 is 0 Å². The monoisotopic (exact) mass is 345 g/mol. The zero-order valence-electron chi connectivity index (χ0n) is 14.8. The van der Waals surface area contributed by atoms with Gasteiger partial charge in [-0.05, 0) is 24.1 Å². The van der Waals surface area contributed by atoms with Crippen LogP contribution in [0.1, 0.15) is 23.7 Å². The lowest BCUT2D eigenvalue weighted by molar-refractivity contribution is -0.127. The first-order valence-electron chi connectivity index (χ1n) is 9.14. The summed E-state index contributed by atoms with van der Waals surface area (Å²) in [7, 11) is 0. The van der Waals surface area contributed by atoms with Gasteiger partial charge in [-0.25, -0.2) is 4.98 Å². The third-order valence-corrected chi connectivity index (χ3v) is 5.09. The Morgan fingerprint density at radius 2 is 1.88 bits per heavy atom. The van der Waals surface area contributed by atoms with E-state index in [1.165, 1.54) is 5.56 Å². The summed E-state index contributed by atoms with van der Waals surface area (Å²) in [5.41, 5.74) is 3.36. The van der Waals surface area contributed by atoms with E-state index < -0.39 is 0 Å². The van der Waals surface area contributed by atoms with Gasteiger partial charge in [-0.2, -0.15) is 0 Å². The number of hydrogen-bond donors (Lipinski definition) is 0. The Kier molecular flexibility index (Phi) is 4.57. The number of rotatable bonds is 6. The maximum Gasteiger partial charge on any atom is 0.223 e. The van der Waals surface area contributed by atoms with E-state index in [4.69, 9.17) is 4.98 Å². The molecule has 2 aromatic carbocycles. The molecule has 1 aliphatic heterocycles. The van der Waals surface area contributed by atoms with Crippen LogP contribution in [0, 0.1) is 0 Å². The average Bonchev–Trinajstić information content (AvgIpc) is 3.22. The second kappa shape index (κ2) is 7.16. The molecular formula is C22H23N3O. The van der Waals surface area contributed by atoms with Gasteiger partial charge in [0.05, 0.1) is 11.0 Å². The number of nitrogens with zero attached hydrogens (tertiary/aromatic N) is 3. The van der Waals surface area contributed by atoms with Crippen molar-refractivity contribution in [3.05, 3.63) is 78.6 Å². The highest BCUT2D eigenvalue weighted by atomic mass is 16.2. The van der Waals surface area contributed by atoms with Crippen molar-refractivity contribution in [2.45, 2.75) is 25.3 Å². The van der Waals surface area contributed by atoms with E-state index in [1.54, 1.807) is 0 Å². The molecule has 2 heterocycles. The molecule has 0 unspecified atom stereocenters. The van der Waals surface area contributed by atoms with Gasteiger partial charge in [0.2, 0.25) is 5.91 Å². The molecule has 0 N–H and O–H groups in total. The smallest absolute Gasteiger partial charge is 0.223 e. The zero-order chi connectivity index (χ0) is 17.9. The highest BCUT2D eigenvalue weighted by molar-refractivity contribution is 5.81. The van der Waals surface area contributed by atoms with Crippen molar-refractivity contribution in [3.8, 4) is 0 Å². The highest BCUT2D eigenvalue weighted by Gasteiger charge is 2.33. The molecule has 1 saturated heterocycles. The van der Waals surface area contributed by atoms with Gasteiger partial charge < -0.3 is 9.47 Å². The SMILES string of the molecule is C=CCn1c([C@@H]2CC(=O)N(CCc3ccccc3)C2)nc2ccccc21. The first-order valence-corrected chi connectivity index (χ1v) is 9.14. The molecule has 0 aliphatic carbocycles. The van der Waals surface area contributed by atoms with Gasteiger partial charge in [-0.1, -0.05) is 48.5 Å². The van der Waals surface area contributed by atoms with E-state index in [0.29, 0.717) is 13.0 Å². The molecule has 0 saturated carbocycles. The van der Waals surface area contributed by atoms with Crippen LogP contribution in [-0.2, 0) is 17.8 Å². The van der Waals surface area contributed by atoms with Crippen LogP contribution in [0.3, 0.4) is 0 Å². The topological polar surface area (TPSA) is 38.1 Å². The number of carbonyl (C=O) groups excluding carboxylic acids is 1. The number of aromatic nitrogens is 2. The summed E-state index contributed by atoms with van der Waals surface area (Å²) in [5, 5.41) is 0. The molecule has 4 nitrogen and oxygen atoms in total. The average molecular weight is 345 g/mol. The Hall–Kier alpha value is -2.88. The van der Waals surface area contributed by atoms with Gasteiger partial charge in [0.15, 0.2) is 0 Å². The van der Waals surface area contributed by atoms with Crippen LogP contribution < -0.4 is 0 Å². The Bertz CT molecular complexity index is 929. The summed E-state index contributed by atoms with van der Waals surface area (Å²) in [6.45, 7) is 6.10. The van der Waals surface area contributed by atoms with Crippen LogP contribution >= 0.6 is 0 Å². The second-order valence-electron chi connectivity index (χ2n) is 6.83. The molecule has 26 heavy (non-hydrogen) atoms. The molecule has 1 amide bonds. The molecule has 4 rings (SSSR count). The summed E-state index contributed by atoms with van der Waals surface area (Å²) in [4.78, 5) is 19.4. The Morgan fingerprint density at radius 1 is 1.12 bits per heavy atom. The standard InChI is InChI=1S/C22H23N3O/c1-2-13-25-20-11-7-6-10-19(20)23-22(25)18-15-21(26)24(16-18)14-12-17-8-4-3-5-9-17/h2-11,18H,1,12-16H2/t18-/m1/s1. The van der Waals surface area contributed by atoms with Crippen LogP contribution in [0.4, 0.5) is 0 Å². The van der Waals surface area contributed by atoms with Crippen LogP contribution in [0.25, 0.3) is 11.0 Å². The number of allylic oxidation sites excluding steroid dienone is 1. The summed E-state index contributed by atoms with van der Waals surface area (Å²) in [6.07, 6.45) is 3.32. The van der Waals surface area contributed by atoms with Gasteiger partial charge in [0, 0.05) is 32.0 Å². The summed E-state index contributed by atoms with van der Waals surface area (Å²) < 4.78 is 2.20. The molecular weight excluding hydrogens is 322 g/mol. The fourth-order valence-electron chi connectivity index (χ4n) is 3.80. The molecule has 0 spiro atoms. The Morgan fingerprint density at radius 3 is 2.69 bits per heavy atom. The quantitative estimate of drug-likeness (QED) is 0.638. The molecule has 4 heteroatoms. The maximum atomic E-state index is 12.5. The molecule has 1 aliphatic rings. The molecule has 1 atom stereocenters. The Labute approximate surface area is 153 Å². The van der Waals surface area contributed by atoms with Gasteiger partial charge in [0.1, 0.15) is 5.82 Å². The Balaban J connectivity index is 1.54. The third-order valence-electron chi connectivity index (χ3n) is 5.09. The lowest BCUT2D eigenvalue weighted by atomic mass is 10.1. The van der Waals surface area contributed by atoms with Gasteiger partial charge >= 0.3 is 0 Å².